The summed E-state index contributed by atoms with van der Waals surface area (Å²) >= 11 is 0. The number of aryl methyl sites for hydroxylation is 2. The molecule has 1 amide bonds. The molecule has 0 aliphatic heterocycles. The second-order valence-electron chi connectivity index (χ2n) is 4.45. The number of carboxylic acids is 1. The molecule has 1 aromatic rings. The fraction of sp³-hybridized carbons (Fsp3) is 0.429. The summed E-state index contributed by atoms with van der Waals surface area (Å²) in [4.78, 5) is 22.4. The van der Waals surface area contributed by atoms with Gasteiger partial charge in [0, 0.05) is 5.69 Å². The molecule has 1 atom stereocenters. The van der Waals surface area contributed by atoms with Crippen molar-refractivity contribution in [3.8, 4) is 0 Å². The van der Waals surface area contributed by atoms with Gasteiger partial charge in [0.1, 0.15) is 6.04 Å². The lowest BCUT2D eigenvalue weighted by Crippen LogP contribution is -2.39. The molecule has 0 saturated heterocycles. The molecule has 1 rings (SSSR count). The molecule has 1 aromatic carbocycles. The van der Waals surface area contributed by atoms with Crippen LogP contribution in [0.15, 0.2) is 18.2 Å². The van der Waals surface area contributed by atoms with Crippen molar-refractivity contribution >= 4 is 17.6 Å². The lowest BCUT2D eigenvalue weighted by Gasteiger charge is -2.14. The molecule has 3 N–H and O–H groups in total. The van der Waals surface area contributed by atoms with E-state index in [1.165, 1.54) is 6.92 Å². The van der Waals surface area contributed by atoms with E-state index in [1.807, 2.05) is 32.0 Å². The molecular weight excluding hydrogens is 244 g/mol. The third kappa shape index (κ3) is 4.37. The van der Waals surface area contributed by atoms with E-state index in [2.05, 4.69) is 10.6 Å². The predicted octanol–water partition coefficient (Wildman–Crippen LogP) is 1.56. The third-order valence-electron chi connectivity index (χ3n) is 2.94. The number of carboxylic acid groups (broad SMARTS) is 1. The Morgan fingerprint density at radius 3 is 2.63 bits per heavy atom. The zero-order valence-corrected chi connectivity index (χ0v) is 11.5. The number of carbonyl (C=O) groups is 2. The van der Waals surface area contributed by atoms with Crippen molar-refractivity contribution in [2.24, 2.45) is 0 Å². The topological polar surface area (TPSA) is 78.4 Å². The fourth-order valence-electron chi connectivity index (χ4n) is 1.72. The second-order valence-corrected chi connectivity index (χ2v) is 4.45. The Labute approximate surface area is 113 Å². The molecular formula is C14H20N2O3. The second kappa shape index (κ2) is 6.89. The van der Waals surface area contributed by atoms with E-state index >= 15 is 0 Å². The minimum atomic E-state index is -0.974. The minimum absolute atomic E-state index is 0.0229. The molecule has 0 aromatic heterocycles. The summed E-state index contributed by atoms with van der Waals surface area (Å²) in [5, 5.41) is 14.2. The molecule has 0 aliphatic rings. The number of amides is 1. The standard InChI is InChI=1S/C14H20N2O3/c1-4-11-7-5-6-9(2)13(11)16-12(17)8-15-10(3)14(18)19/h5-7,10,15H,4,8H2,1-3H3,(H,16,17)(H,18,19). The summed E-state index contributed by atoms with van der Waals surface area (Å²) in [6.45, 7) is 5.43. The number of carbonyl (C=O) groups excluding carboxylic acids is 1. The molecule has 5 heteroatoms. The van der Waals surface area contributed by atoms with Crippen LogP contribution in [0.2, 0.25) is 0 Å². The molecule has 0 bridgehead atoms. The van der Waals surface area contributed by atoms with Crippen LogP contribution in [0.4, 0.5) is 5.69 Å². The van der Waals surface area contributed by atoms with Crippen molar-refractivity contribution in [3.63, 3.8) is 0 Å². The van der Waals surface area contributed by atoms with Gasteiger partial charge in [-0.2, -0.15) is 0 Å². The predicted molar refractivity (Wildman–Crippen MR) is 74.3 cm³/mol. The van der Waals surface area contributed by atoms with Crippen LogP contribution in [0.25, 0.3) is 0 Å². The maximum Gasteiger partial charge on any atom is 0.320 e. The first-order valence-electron chi connectivity index (χ1n) is 6.30. The van der Waals surface area contributed by atoms with E-state index in [1.54, 1.807) is 0 Å². The summed E-state index contributed by atoms with van der Waals surface area (Å²) in [5.41, 5.74) is 2.89. The smallest absolute Gasteiger partial charge is 0.320 e. The molecule has 0 heterocycles. The normalized spacial score (nSPS) is 11.9. The van der Waals surface area contributed by atoms with E-state index < -0.39 is 12.0 Å². The van der Waals surface area contributed by atoms with Gasteiger partial charge in [-0.15, -0.1) is 0 Å². The molecule has 104 valence electrons. The number of aliphatic carboxylic acids is 1. The van der Waals surface area contributed by atoms with E-state index in [4.69, 9.17) is 5.11 Å². The van der Waals surface area contributed by atoms with Crippen LogP contribution in [0.5, 0.6) is 0 Å². The Kier molecular flexibility index (Phi) is 5.51. The van der Waals surface area contributed by atoms with Crippen LogP contribution >= 0.6 is 0 Å². The lowest BCUT2D eigenvalue weighted by molar-refractivity contribution is -0.139. The van der Waals surface area contributed by atoms with E-state index in [0.29, 0.717) is 0 Å². The zero-order valence-electron chi connectivity index (χ0n) is 11.5. The van der Waals surface area contributed by atoms with Crippen molar-refractivity contribution in [1.29, 1.82) is 0 Å². The Balaban J connectivity index is 2.65. The van der Waals surface area contributed by atoms with Gasteiger partial charge in [0.05, 0.1) is 6.54 Å². The summed E-state index contributed by atoms with van der Waals surface area (Å²) in [6, 6.07) is 5.11. The van der Waals surface area contributed by atoms with Crippen molar-refractivity contribution in [2.45, 2.75) is 33.2 Å². The van der Waals surface area contributed by atoms with Gasteiger partial charge in [0.25, 0.3) is 0 Å². The highest BCUT2D eigenvalue weighted by molar-refractivity contribution is 5.94. The van der Waals surface area contributed by atoms with Gasteiger partial charge in [-0.3, -0.25) is 14.9 Å². The molecule has 0 fully saturated rings. The molecule has 0 radical (unpaired) electrons. The molecule has 0 spiro atoms. The number of hydrogen-bond acceptors (Lipinski definition) is 3. The Morgan fingerprint density at radius 1 is 1.37 bits per heavy atom. The Morgan fingerprint density at radius 2 is 2.05 bits per heavy atom. The number of hydrogen-bond donors (Lipinski definition) is 3. The monoisotopic (exact) mass is 264 g/mol. The summed E-state index contributed by atoms with van der Waals surface area (Å²) < 4.78 is 0. The van der Waals surface area contributed by atoms with Crippen LogP contribution in [0.3, 0.4) is 0 Å². The first kappa shape index (κ1) is 15.2. The maximum absolute atomic E-state index is 11.8. The molecule has 0 aliphatic carbocycles. The molecule has 19 heavy (non-hydrogen) atoms. The van der Waals surface area contributed by atoms with Gasteiger partial charge in [-0.1, -0.05) is 25.1 Å². The molecule has 5 nitrogen and oxygen atoms in total. The van der Waals surface area contributed by atoms with Crippen molar-refractivity contribution in [3.05, 3.63) is 29.3 Å². The van der Waals surface area contributed by atoms with Crippen molar-refractivity contribution < 1.29 is 14.7 Å². The highest BCUT2D eigenvalue weighted by Crippen LogP contribution is 2.20. The lowest BCUT2D eigenvalue weighted by atomic mass is 10.1. The van der Waals surface area contributed by atoms with E-state index in [0.717, 1.165) is 23.2 Å². The van der Waals surface area contributed by atoms with Crippen LogP contribution in [-0.4, -0.2) is 29.6 Å². The number of benzene rings is 1. The Bertz CT molecular complexity index is 472. The molecule has 0 saturated carbocycles. The number of nitrogens with one attached hydrogen (secondary N) is 2. The summed E-state index contributed by atoms with van der Waals surface area (Å²) in [7, 11) is 0. The Hall–Kier alpha value is -1.88. The highest BCUT2D eigenvalue weighted by atomic mass is 16.4. The SMILES string of the molecule is CCc1cccc(C)c1NC(=O)CNC(C)C(=O)O. The third-order valence-corrected chi connectivity index (χ3v) is 2.94. The van der Waals surface area contributed by atoms with Crippen LogP contribution in [0.1, 0.15) is 25.0 Å². The van der Waals surface area contributed by atoms with Gasteiger partial charge >= 0.3 is 5.97 Å². The largest absolute Gasteiger partial charge is 0.480 e. The van der Waals surface area contributed by atoms with E-state index in [9.17, 15) is 9.59 Å². The number of anilines is 1. The van der Waals surface area contributed by atoms with Crippen molar-refractivity contribution in [1.82, 2.24) is 5.32 Å². The van der Waals surface area contributed by atoms with Gasteiger partial charge in [0.2, 0.25) is 5.91 Å². The molecule has 1 unspecified atom stereocenters. The quantitative estimate of drug-likeness (QED) is 0.728. The van der Waals surface area contributed by atoms with Gasteiger partial charge in [-0.25, -0.2) is 0 Å². The first-order valence-corrected chi connectivity index (χ1v) is 6.30. The highest BCUT2D eigenvalue weighted by Gasteiger charge is 2.13. The number of para-hydroxylation sites is 1. The van der Waals surface area contributed by atoms with Gasteiger partial charge in [0.15, 0.2) is 0 Å². The van der Waals surface area contributed by atoms with Crippen LogP contribution < -0.4 is 10.6 Å². The number of rotatable bonds is 6. The van der Waals surface area contributed by atoms with Gasteiger partial charge < -0.3 is 10.4 Å². The average Bonchev–Trinajstić information content (AvgIpc) is 2.38. The minimum Gasteiger partial charge on any atom is -0.480 e. The summed E-state index contributed by atoms with van der Waals surface area (Å²) in [6.07, 6.45) is 0.830. The zero-order chi connectivity index (χ0) is 14.4. The van der Waals surface area contributed by atoms with Crippen molar-refractivity contribution in [2.75, 3.05) is 11.9 Å². The van der Waals surface area contributed by atoms with Crippen LogP contribution in [0, 0.1) is 6.92 Å². The maximum atomic E-state index is 11.8. The van der Waals surface area contributed by atoms with Gasteiger partial charge in [-0.05, 0) is 31.4 Å². The first-order chi connectivity index (χ1) is 8.95. The van der Waals surface area contributed by atoms with E-state index in [-0.39, 0.29) is 12.5 Å². The van der Waals surface area contributed by atoms with Crippen LogP contribution in [-0.2, 0) is 16.0 Å². The summed E-state index contributed by atoms with van der Waals surface area (Å²) in [5.74, 6) is -1.21. The fourth-order valence-corrected chi connectivity index (χ4v) is 1.72. The average molecular weight is 264 g/mol.